The normalized spacial score (nSPS) is 11.4. The van der Waals surface area contributed by atoms with Crippen molar-refractivity contribution in [2.45, 2.75) is 11.5 Å². The van der Waals surface area contributed by atoms with E-state index in [1.54, 1.807) is 18.2 Å². The summed E-state index contributed by atoms with van der Waals surface area (Å²) in [6.45, 7) is -1.25. The molecule has 0 heterocycles. The van der Waals surface area contributed by atoms with Gasteiger partial charge in [0.1, 0.15) is 5.75 Å². The van der Waals surface area contributed by atoms with Gasteiger partial charge in [-0.2, -0.15) is 13.2 Å². The number of alkyl halides is 4. The molecule has 1 rings (SSSR count). The second-order valence-electron chi connectivity index (χ2n) is 2.68. The average Bonchev–Trinajstić information content (AvgIpc) is 2.14. The molecule has 0 unspecified atom stereocenters. The molecular weight excluding hydrogens is 261 g/mol. The zero-order chi connectivity index (χ0) is 10.6. The highest BCUT2D eigenvalue weighted by Gasteiger charge is 2.28. The molecule has 1 aromatic rings. The van der Waals surface area contributed by atoms with Gasteiger partial charge in [-0.05, 0) is 17.7 Å². The van der Waals surface area contributed by atoms with Crippen LogP contribution in [0.2, 0.25) is 0 Å². The van der Waals surface area contributed by atoms with E-state index in [1.165, 1.54) is 6.07 Å². The lowest BCUT2D eigenvalue weighted by Gasteiger charge is -2.09. The molecule has 1 nitrogen and oxygen atoms in total. The number of halogens is 4. The summed E-state index contributed by atoms with van der Waals surface area (Å²) in [6.07, 6.45) is -4.29. The maximum atomic E-state index is 11.8. The highest BCUT2D eigenvalue weighted by Crippen LogP contribution is 2.20. The van der Waals surface area contributed by atoms with E-state index >= 15 is 0 Å². The molecule has 14 heavy (non-hydrogen) atoms. The molecule has 0 bridgehead atoms. The fourth-order valence-corrected chi connectivity index (χ4v) is 1.23. The molecule has 1 aromatic carbocycles. The van der Waals surface area contributed by atoms with Crippen molar-refractivity contribution >= 4 is 15.9 Å². The topological polar surface area (TPSA) is 9.23 Å². The molecule has 0 spiro atoms. The fraction of sp³-hybridized carbons (Fsp3) is 0.333. The van der Waals surface area contributed by atoms with E-state index < -0.39 is 12.8 Å². The third kappa shape index (κ3) is 4.00. The van der Waals surface area contributed by atoms with Gasteiger partial charge in [-0.15, -0.1) is 0 Å². The Labute approximate surface area is 88.0 Å². The van der Waals surface area contributed by atoms with Crippen molar-refractivity contribution in [2.75, 3.05) is 6.61 Å². The molecule has 0 aliphatic heterocycles. The molecule has 0 amide bonds. The highest BCUT2D eigenvalue weighted by atomic mass is 79.9. The first-order valence-electron chi connectivity index (χ1n) is 3.86. The van der Waals surface area contributed by atoms with Gasteiger partial charge in [-0.3, -0.25) is 0 Å². The van der Waals surface area contributed by atoms with Gasteiger partial charge < -0.3 is 4.74 Å². The Bertz CT molecular complexity index is 298. The summed E-state index contributed by atoms with van der Waals surface area (Å²) >= 11 is 3.20. The van der Waals surface area contributed by atoms with E-state index in [4.69, 9.17) is 0 Å². The Morgan fingerprint density at radius 3 is 2.57 bits per heavy atom. The molecule has 0 N–H and O–H groups in total. The maximum absolute atomic E-state index is 11.8. The van der Waals surface area contributed by atoms with E-state index in [2.05, 4.69) is 20.7 Å². The van der Waals surface area contributed by atoms with Crippen LogP contribution < -0.4 is 4.74 Å². The zero-order valence-electron chi connectivity index (χ0n) is 7.14. The molecule has 0 aliphatic rings. The second kappa shape index (κ2) is 4.68. The summed E-state index contributed by atoms with van der Waals surface area (Å²) in [5.74, 6) is 0.235. The van der Waals surface area contributed by atoms with Crippen molar-refractivity contribution < 1.29 is 17.9 Å². The van der Waals surface area contributed by atoms with Crippen molar-refractivity contribution in [2.24, 2.45) is 0 Å². The lowest BCUT2D eigenvalue weighted by Crippen LogP contribution is -2.19. The quantitative estimate of drug-likeness (QED) is 0.763. The molecule has 0 aromatic heterocycles. The number of ether oxygens (including phenoxy) is 1. The average molecular weight is 269 g/mol. The van der Waals surface area contributed by atoms with Crippen LogP contribution >= 0.6 is 15.9 Å². The van der Waals surface area contributed by atoms with Crippen LogP contribution in [0.4, 0.5) is 13.2 Å². The minimum Gasteiger partial charge on any atom is -0.484 e. The van der Waals surface area contributed by atoms with E-state index in [1.807, 2.05) is 0 Å². The Balaban J connectivity index is 2.59. The number of rotatable bonds is 3. The first-order valence-corrected chi connectivity index (χ1v) is 4.98. The molecule has 0 fully saturated rings. The summed E-state index contributed by atoms with van der Waals surface area (Å²) in [4.78, 5) is 0. The minimum absolute atomic E-state index is 0.235. The molecule has 78 valence electrons. The zero-order valence-corrected chi connectivity index (χ0v) is 8.73. The van der Waals surface area contributed by atoms with Crippen molar-refractivity contribution in [3.05, 3.63) is 29.8 Å². The predicted octanol–water partition coefficient (Wildman–Crippen LogP) is 3.52. The lowest BCUT2D eigenvalue weighted by atomic mass is 10.2. The van der Waals surface area contributed by atoms with Crippen LogP contribution in [0.5, 0.6) is 5.75 Å². The number of benzene rings is 1. The monoisotopic (exact) mass is 268 g/mol. The van der Waals surface area contributed by atoms with E-state index in [-0.39, 0.29) is 5.75 Å². The first-order chi connectivity index (χ1) is 6.51. The van der Waals surface area contributed by atoms with Gasteiger partial charge >= 0.3 is 6.18 Å². The molecule has 0 saturated carbocycles. The number of hydrogen-bond acceptors (Lipinski definition) is 1. The van der Waals surface area contributed by atoms with Crippen LogP contribution in [0.3, 0.4) is 0 Å². The third-order valence-corrected chi connectivity index (χ3v) is 2.10. The first kappa shape index (κ1) is 11.4. The van der Waals surface area contributed by atoms with Gasteiger partial charge in [0.2, 0.25) is 0 Å². The van der Waals surface area contributed by atoms with Crippen LogP contribution in [0, 0.1) is 0 Å². The van der Waals surface area contributed by atoms with Gasteiger partial charge in [0, 0.05) is 5.33 Å². The van der Waals surface area contributed by atoms with E-state index in [0.717, 1.165) is 5.56 Å². The summed E-state index contributed by atoms with van der Waals surface area (Å²) in [7, 11) is 0. The van der Waals surface area contributed by atoms with Crippen LogP contribution in [0.1, 0.15) is 5.56 Å². The van der Waals surface area contributed by atoms with Gasteiger partial charge in [-0.1, -0.05) is 28.1 Å². The summed E-state index contributed by atoms with van der Waals surface area (Å²) in [5.41, 5.74) is 0.879. The van der Waals surface area contributed by atoms with Crippen molar-refractivity contribution in [1.82, 2.24) is 0 Å². The van der Waals surface area contributed by atoms with Crippen molar-refractivity contribution in [1.29, 1.82) is 0 Å². The minimum atomic E-state index is -4.29. The summed E-state index contributed by atoms with van der Waals surface area (Å²) < 4.78 is 39.9. The Hall–Kier alpha value is -0.710. The van der Waals surface area contributed by atoms with Gasteiger partial charge in [0.05, 0.1) is 0 Å². The predicted molar refractivity (Wildman–Crippen MR) is 50.6 cm³/mol. The third-order valence-electron chi connectivity index (χ3n) is 1.46. The molecular formula is C9H8BrF3O. The van der Waals surface area contributed by atoms with Gasteiger partial charge in [-0.25, -0.2) is 0 Å². The van der Waals surface area contributed by atoms with E-state index in [9.17, 15) is 13.2 Å². The summed E-state index contributed by atoms with van der Waals surface area (Å²) in [6, 6.07) is 6.52. The molecule has 0 saturated heterocycles. The van der Waals surface area contributed by atoms with Crippen LogP contribution in [0.25, 0.3) is 0 Å². The molecule has 0 radical (unpaired) electrons. The Morgan fingerprint density at radius 1 is 1.29 bits per heavy atom. The van der Waals surface area contributed by atoms with Gasteiger partial charge in [0.15, 0.2) is 6.61 Å². The highest BCUT2D eigenvalue weighted by molar-refractivity contribution is 9.08. The second-order valence-corrected chi connectivity index (χ2v) is 3.25. The molecule has 0 atom stereocenters. The summed E-state index contributed by atoms with van der Waals surface area (Å²) in [5, 5.41) is 0.593. The van der Waals surface area contributed by atoms with Crippen molar-refractivity contribution in [3.63, 3.8) is 0 Å². The lowest BCUT2D eigenvalue weighted by molar-refractivity contribution is -0.153. The van der Waals surface area contributed by atoms with E-state index in [0.29, 0.717) is 5.33 Å². The maximum Gasteiger partial charge on any atom is 0.422 e. The Morgan fingerprint density at radius 2 is 2.00 bits per heavy atom. The van der Waals surface area contributed by atoms with Crippen molar-refractivity contribution in [3.8, 4) is 5.75 Å². The van der Waals surface area contributed by atoms with Crippen LogP contribution in [0.15, 0.2) is 24.3 Å². The smallest absolute Gasteiger partial charge is 0.422 e. The molecule has 5 heteroatoms. The largest absolute Gasteiger partial charge is 0.484 e. The van der Waals surface area contributed by atoms with Crippen LogP contribution in [-0.2, 0) is 5.33 Å². The van der Waals surface area contributed by atoms with Crippen LogP contribution in [-0.4, -0.2) is 12.8 Å². The molecule has 0 aliphatic carbocycles. The Kier molecular flexibility index (Phi) is 3.80. The van der Waals surface area contributed by atoms with Gasteiger partial charge in [0.25, 0.3) is 0 Å². The standard InChI is InChI=1S/C9H8BrF3O/c10-5-7-2-1-3-8(4-7)14-6-9(11,12)13/h1-4H,5-6H2. The SMILES string of the molecule is FC(F)(F)COc1cccc(CBr)c1. The fourth-order valence-electron chi connectivity index (χ4n) is 0.884. The number of hydrogen-bond donors (Lipinski definition) is 0.